The highest BCUT2D eigenvalue weighted by molar-refractivity contribution is 7.07. The number of hydrogen-bond donors (Lipinski definition) is 2. The Labute approximate surface area is 209 Å². The Morgan fingerprint density at radius 1 is 1.26 bits per heavy atom. The molecule has 0 unspecified atom stereocenters. The van der Waals surface area contributed by atoms with E-state index in [1.54, 1.807) is 26.1 Å². The van der Waals surface area contributed by atoms with Crippen molar-refractivity contribution in [3.05, 3.63) is 69.6 Å². The Kier molecular flexibility index (Phi) is 8.33. The number of urea groups is 1. The van der Waals surface area contributed by atoms with Crippen LogP contribution in [0.2, 0.25) is 0 Å². The van der Waals surface area contributed by atoms with E-state index in [0.29, 0.717) is 30.4 Å². The Balaban J connectivity index is 1.61. The molecule has 1 aliphatic rings. The lowest BCUT2D eigenvalue weighted by Gasteiger charge is -2.33. The van der Waals surface area contributed by atoms with Crippen molar-refractivity contribution in [1.29, 1.82) is 0 Å². The molecular formula is C26H32FN5O2S. The second kappa shape index (κ2) is 11.6. The maximum absolute atomic E-state index is 13.7. The zero-order chi connectivity index (χ0) is 24.8. The Hall–Kier alpha value is -3.01. The molecule has 1 aromatic heterocycles. The van der Waals surface area contributed by atoms with Crippen LogP contribution >= 0.6 is 11.3 Å². The summed E-state index contributed by atoms with van der Waals surface area (Å²) < 4.78 is 21.4. The van der Waals surface area contributed by atoms with Crippen LogP contribution in [0.25, 0.3) is 11.3 Å². The summed E-state index contributed by atoms with van der Waals surface area (Å²) in [6.45, 7) is 8.33. The van der Waals surface area contributed by atoms with E-state index in [1.165, 1.54) is 23.0 Å². The van der Waals surface area contributed by atoms with Crippen LogP contribution < -0.4 is 15.4 Å². The first-order valence-corrected chi connectivity index (χ1v) is 12.7. The van der Waals surface area contributed by atoms with Gasteiger partial charge in [0.1, 0.15) is 5.82 Å². The molecule has 9 heteroatoms. The molecule has 0 saturated carbocycles. The molecule has 3 aromatic rings. The largest absolute Gasteiger partial charge is 0.379 e. The zero-order valence-electron chi connectivity index (χ0n) is 20.4. The zero-order valence-corrected chi connectivity index (χ0v) is 21.2. The van der Waals surface area contributed by atoms with Gasteiger partial charge < -0.3 is 19.9 Å². The van der Waals surface area contributed by atoms with Crippen molar-refractivity contribution in [3.63, 3.8) is 0 Å². The molecule has 1 aliphatic heterocycles. The van der Waals surface area contributed by atoms with Gasteiger partial charge >= 0.3 is 6.03 Å². The van der Waals surface area contributed by atoms with Crippen molar-refractivity contribution in [3.8, 4) is 11.3 Å². The van der Waals surface area contributed by atoms with Crippen molar-refractivity contribution in [2.24, 2.45) is 4.99 Å². The number of benzene rings is 2. The molecule has 0 radical (unpaired) electrons. The summed E-state index contributed by atoms with van der Waals surface area (Å²) in [5.74, 6) is -0.245. The average molecular weight is 498 g/mol. The van der Waals surface area contributed by atoms with E-state index >= 15 is 0 Å². The van der Waals surface area contributed by atoms with E-state index in [4.69, 9.17) is 9.73 Å². The molecule has 0 spiro atoms. The van der Waals surface area contributed by atoms with Crippen molar-refractivity contribution < 1.29 is 13.9 Å². The highest BCUT2D eigenvalue weighted by atomic mass is 32.1. The SMILES string of the molecule is CNC(=O)NCCn1c(-c2ccc(CN3CCOC[C@@H]3C)cc2)csc1=Nc1ccc(F)c(C)c1. The van der Waals surface area contributed by atoms with E-state index in [-0.39, 0.29) is 11.8 Å². The van der Waals surface area contributed by atoms with Crippen LogP contribution in [0, 0.1) is 12.7 Å². The molecule has 0 bridgehead atoms. The highest BCUT2D eigenvalue weighted by Gasteiger charge is 2.18. The number of thiazole rings is 1. The minimum atomic E-state index is -0.245. The van der Waals surface area contributed by atoms with Crippen LogP contribution in [0.4, 0.5) is 14.9 Å². The summed E-state index contributed by atoms with van der Waals surface area (Å²) >= 11 is 1.53. The molecule has 2 aromatic carbocycles. The molecule has 0 aliphatic carbocycles. The number of ether oxygens (including phenoxy) is 1. The number of aromatic nitrogens is 1. The maximum Gasteiger partial charge on any atom is 0.314 e. The number of nitrogens with zero attached hydrogens (tertiary/aromatic N) is 3. The summed E-state index contributed by atoms with van der Waals surface area (Å²) in [5, 5.41) is 7.49. The third-order valence-electron chi connectivity index (χ3n) is 6.15. The van der Waals surface area contributed by atoms with E-state index in [9.17, 15) is 9.18 Å². The van der Waals surface area contributed by atoms with Gasteiger partial charge in [0.2, 0.25) is 0 Å². The van der Waals surface area contributed by atoms with Gasteiger partial charge in [0.05, 0.1) is 24.6 Å². The monoisotopic (exact) mass is 497 g/mol. The smallest absolute Gasteiger partial charge is 0.314 e. The molecule has 1 atom stereocenters. The Morgan fingerprint density at radius 2 is 2.06 bits per heavy atom. The first kappa shape index (κ1) is 25.1. The fourth-order valence-electron chi connectivity index (χ4n) is 4.06. The Morgan fingerprint density at radius 3 is 2.77 bits per heavy atom. The summed E-state index contributed by atoms with van der Waals surface area (Å²) in [6, 6.07) is 13.7. The van der Waals surface area contributed by atoms with Gasteiger partial charge in [-0.05, 0) is 48.7 Å². The van der Waals surface area contributed by atoms with Crippen LogP contribution in [0.1, 0.15) is 18.1 Å². The van der Waals surface area contributed by atoms with Crippen LogP contribution in [0.15, 0.2) is 52.8 Å². The van der Waals surface area contributed by atoms with Crippen molar-refractivity contribution in [2.45, 2.75) is 33.0 Å². The summed E-state index contributed by atoms with van der Waals surface area (Å²) in [5.41, 5.74) is 4.62. The van der Waals surface area contributed by atoms with Gasteiger partial charge in [0, 0.05) is 44.6 Å². The third kappa shape index (κ3) is 6.36. The second-order valence-electron chi connectivity index (χ2n) is 8.70. The first-order chi connectivity index (χ1) is 16.9. The number of carbonyl (C=O) groups excluding carboxylic acids is 1. The number of nitrogens with one attached hydrogen (secondary N) is 2. The quantitative estimate of drug-likeness (QED) is 0.518. The molecule has 186 valence electrons. The normalized spacial score (nSPS) is 16.9. The summed E-state index contributed by atoms with van der Waals surface area (Å²) in [6.07, 6.45) is 0. The van der Waals surface area contributed by atoms with Crippen molar-refractivity contribution >= 4 is 23.1 Å². The Bertz CT molecular complexity index is 1220. The van der Waals surface area contributed by atoms with Gasteiger partial charge in [-0.1, -0.05) is 24.3 Å². The summed E-state index contributed by atoms with van der Waals surface area (Å²) in [4.78, 5) is 19.7. The minimum absolute atomic E-state index is 0.225. The van der Waals surface area contributed by atoms with Gasteiger partial charge in [-0.25, -0.2) is 14.2 Å². The number of morpholine rings is 1. The number of carbonyl (C=O) groups is 1. The molecule has 4 rings (SSSR count). The van der Waals surface area contributed by atoms with Crippen LogP contribution in [-0.2, 0) is 17.8 Å². The second-order valence-corrected chi connectivity index (χ2v) is 9.53. The fraction of sp³-hybridized carbons (Fsp3) is 0.385. The lowest BCUT2D eigenvalue weighted by molar-refractivity contribution is -0.00436. The maximum atomic E-state index is 13.7. The fourth-order valence-corrected chi connectivity index (χ4v) is 5.01. The van der Waals surface area contributed by atoms with Crippen LogP contribution in [-0.4, -0.2) is 54.9 Å². The predicted molar refractivity (Wildman–Crippen MR) is 137 cm³/mol. The number of halogens is 1. The highest BCUT2D eigenvalue weighted by Crippen LogP contribution is 2.23. The van der Waals surface area contributed by atoms with Gasteiger partial charge in [-0.2, -0.15) is 0 Å². The average Bonchev–Trinajstić information content (AvgIpc) is 3.25. The van der Waals surface area contributed by atoms with E-state index in [0.717, 1.165) is 42.4 Å². The van der Waals surface area contributed by atoms with Gasteiger partial charge in [0.15, 0.2) is 4.80 Å². The standard InChI is InChI=1S/C26H32FN5O2S/c1-18-14-22(8-9-23(18)27)30-26-32(11-10-29-25(33)28-3)24(17-35-26)21-6-4-20(5-7-21)15-31-12-13-34-16-19(31)2/h4-9,14,17,19H,10-13,15-16H2,1-3H3,(H2,28,29,33)/t19-/m0/s1. The first-order valence-electron chi connectivity index (χ1n) is 11.8. The summed E-state index contributed by atoms with van der Waals surface area (Å²) in [7, 11) is 1.59. The molecule has 7 nitrogen and oxygen atoms in total. The molecule has 35 heavy (non-hydrogen) atoms. The van der Waals surface area contributed by atoms with Crippen molar-refractivity contribution in [1.82, 2.24) is 20.1 Å². The molecule has 2 heterocycles. The van der Waals surface area contributed by atoms with E-state index < -0.39 is 0 Å². The molecule has 2 N–H and O–H groups in total. The topological polar surface area (TPSA) is 70.9 Å². The van der Waals surface area contributed by atoms with E-state index in [2.05, 4.69) is 56.7 Å². The number of aryl methyl sites for hydroxylation is 1. The van der Waals surface area contributed by atoms with Crippen LogP contribution in [0.5, 0.6) is 0 Å². The molecule has 1 saturated heterocycles. The molecule has 2 amide bonds. The van der Waals surface area contributed by atoms with Gasteiger partial charge in [-0.15, -0.1) is 11.3 Å². The van der Waals surface area contributed by atoms with Gasteiger partial charge in [-0.3, -0.25) is 4.90 Å². The molecule has 1 fully saturated rings. The van der Waals surface area contributed by atoms with Gasteiger partial charge in [0.25, 0.3) is 0 Å². The number of hydrogen-bond acceptors (Lipinski definition) is 5. The lowest BCUT2D eigenvalue weighted by atomic mass is 10.1. The van der Waals surface area contributed by atoms with E-state index in [1.807, 2.05) is 0 Å². The lowest BCUT2D eigenvalue weighted by Crippen LogP contribution is -2.42. The number of rotatable bonds is 7. The van der Waals surface area contributed by atoms with Crippen molar-refractivity contribution in [2.75, 3.05) is 33.4 Å². The van der Waals surface area contributed by atoms with Crippen LogP contribution in [0.3, 0.4) is 0 Å². The third-order valence-corrected chi connectivity index (χ3v) is 7.02. The molecular weight excluding hydrogens is 465 g/mol. The predicted octanol–water partition coefficient (Wildman–Crippen LogP) is 4.05. The minimum Gasteiger partial charge on any atom is -0.379 e. The number of amides is 2.